The zero-order valence-electron chi connectivity index (χ0n) is 17.0. The standard InChI is InChI=1S/C24H20ClFN2O2S/c1-3-31(29,30)19-7-4-6-17(15-19)18-10-11-22(16(2)14-18)28-13-12-27-24(28)23-20(25)8-5-9-21(23)26/h4-15H,3H2,1-2H3. The highest BCUT2D eigenvalue weighted by molar-refractivity contribution is 7.91. The first-order valence-corrected chi connectivity index (χ1v) is 11.8. The Morgan fingerprint density at radius 2 is 1.77 bits per heavy atom. The van der Waals surface area contributed by atoms with Crippen LogP contribution in [0.2, 0.25) is 5.02 Å². The molecule has 7 heteroatoms. The van der Waals surface area contributed by atoms with Crippen LogP contribution in [0, 0.1) is 12.7 Å². The topological polar surface area (TPSA) is 52.0 Å². The highest BCUT2D eigenvalue weighted by Gasteiger charge is 2.17. The average Bonchev–Trinajstić information content (AvgIpc) is 3.22. The van der Waals surface area contributed by atoms with Gasteiger partial charge in [0.15, 0.2) is 9.84 Å². The molecule has 31 heavy (non-hydrogen) atoms. The summed E-state index contributed by atoms with van der Waals surface area (Å²) >= 11 is 6.25. The fourth-order valence-corrected chi connectivity index (χ4v) is 4.71. The van der Waals surface area contributed by atoms with Crippen LogP contribution in [-0.2, 0) is 9.84 Å². The monoisotopic (exact) mass is 454 g/mol. The Bertz CT molecular complexity index is 1360. The number of rotatable bonds is 5. The van der Waals surface area contributed by atoms with Crippen molar-refractivity contribution in [2.45, 2.75) is 18.7 Å². The van der Waals surface area contributed by atoms with Crippen LogP contribution in [0.15, 0.2) is 78.0 Å². The first kappa shape index (κ1) is 21.3. The lowest BCUT2D eigenvalue weighted by Crippen LogP contribution is -2.03. The zero-order valence-corrected chi connectivity index (χ0v) is 18.6. The highest BCUT2D eigenvalue weighted by Crippen LogP contribution is 2.33. The minimum atomic E-state index is -3.29. The first-order valence-electron chi connectivity index (χ1n) is 9.74. The number of aryl methyl sites for hydroxylation is 1. The molecule has 1 heterocycles. The van der Waals surface area contributed by atoms with E-state index in [1.165, 1.54) is 6.07 Å². The maximum Gasteiger partial charge on any atom is 0.178 e. The van der Waals surface area contributed by atoms with Gasteiger partial charge in [0, 0.05) is 12.4 Å². The van der Waals surface area contributed by atoms with E-state index in [1.807, 2.05) is 31.2 Å². The van der Waals surface area contributed by atoms with Gasteiger partial charge in [-0.05, 0) is 60.0 Å². The SMILES string of the molecule is CCS(=O)(=O)c1cccc(-c2ccc(-n3ccnc3-c3c(F)cccc3Cl)c(C)c2)c1. The van der Waals surface area contributed by atoms with Crippen LogP contribution in [0.25, 0.3) is 28.2 Å². The second-order valence-electron chi connectivity index (χ2n) is 7.15. The third-order valence-electron chi connectivity index (χ3n) is 5.19. The predicted octanol–water partition coefficient (Wildman–Crippen LogP) is 6.10. The van der Waals surface area contributed by atoms with Crippen LogP contribution in [0.3, 0.4) is 0 Å². The largest absolute Gasteiger partial charge is 0.299 e. The lowest BCUT2D eigenvalue weighted by Gasteiger charge is -2.14. The average molecular weight is 455 g/mol. The molecule has 0 aliphatic heterocycles. The third-order valence-corrected chi connectivity index (χ3v) is 7.24. The van der Waals surface area contributed by atoms with E-state index in [4.69, 9.17) is 11.6 Å². The van der Waals surface area contributed by atoms with Gasteiger partial charge >= 0.3 is 0 Å². The summed E-state index contributed by atoms with van der Waals surface area (Å²) < 4.78 is 40.7. The number of hydrogen-bond acceptors (Lipinski definition) is 3. The molecule has 0 amide bonds. The molecule has 0 spiro atoms. The van der Waals surface area contributed by atoms with Gasteiger partial charge in [-0.2, -0.15) is 0 Å². The molecule has 4 aromatic rings. The Labute approximate surface area is 185 Å². The van der Waals surface area contributed by atoms with Crippen LogP contribution in [0.5, 0.6) is 0 Å². The Kier molecular flexibility index (Phi) is 5.69. The molecule has 0 atom stereocenters. The number of sulfone groups is 1. The van der Waals surface area contributed by atoms with E-state index in [-0.39, 0.29) is 16.3 Å². The Hall–Kier alpha value is -2.96. The molecule has 0 saturated heterocycles. The van der Waals surface area contributed by atoms with Gasteiger partial charge in [-0.25, -0.2) is 17.8 Å². The summed E-state index contributed by atoms with van der Waals surface area (Å²) in [6.45, 7) is 3.57. The second-order valence-corrected chi connectivity index (χ2v) is 9.84. The van der Waals surface area contributed by atoms with E-state index in [2.05, 4.69) is 4.98 Å². The molecule has 0 aliphatic carbocycles. The van der Waals surface area contributed by atoms with Crippen molar-refractivity contribution in [3.05, 3.63) is 89.5 Å². The summed E-state index contributed by atoms with van der Waals surface area (Å²) in [5.41, 5.74) is 3.70. The van der Waals surface area contributed by atoms with Gasteiger partial charge < -0.3 is 0 Å². The minimum Gasteiger partial charge on any atom is -0.299 e. The number of benzene rings is 3. The smallest absolute Gasteiger partial charge is 0.178 e. The molecular formula is C24H20ClFN2O2S. The van der Waals surface area contributed by atoms with E-state index in [1.54, 1.807) is 54.2 Å². The molecule has 0 saturated carbocycles. The quantitative estimate of drug-likeness (QED) is 0.366. The van der Waals surface area contributed by atoms with E-state index < -0.39 is 15.7 Å². The molecule has 0 N–H and O–H groups in total. The summed E-state index contributed by atoms with van der Waals surface area (Å²) in [4.78, 5) is 4.63. The maximum atomic E-state index is 14.5. The maximum absolute atomic E-state index is 14.5. The van der Waals surface area contributed by atoms with E-state index >= 15 is 0 Å². The Morgan fingerprint density at radius 1 is 1.03 bits per heavy atom. The number of nitrogens with zero attached hydrogens (tertiary/aromatic N) is 2. The molecule has 1 aromatic heterocycles. The molecule has 158 valence electrons. The molecule has 0 fully saturated rings. The van der Waals surface area contributed by atoms with Gasteiger partial charge in [0.2, 0.25) is 0 Å². The molecular weight excluding hydrogens is 435 g/mol. The lowest BCUT2D eigenvalue weighted by molar-refractivity contribution is 0.597. The van der Waals surface area contributed by atoms with Gasteiger partial charge in [-0.15, -0.1) is 0 Å². The van der Waals surface area contributed by atoms with E-state index in [0.29, 0.717) is 10.7 Å². The fourth-order valence-electron chi connectivity index (χ4n) is 3.54. The molecule has 0 unspecified atom stereocenters. The molecule has 3 aromatic carbocycles. The van der Waals surface area contributed by atoms with Crippen molar-refractivity contribution in [2.75, 3.05) is 5.75 Å². The predicted molar refractivity (Wildman–Crippen MR) is 122 cm³/mol. The van der Waals surface area contributed by atoms with Crippen LogP contribution in [0.4, 0.5) is 4.39 Å². The molecule has 4 rings (SSSR count). The van der Waals surface area contributed by atoms with Crippen LogP contribution in [-0.4, -0.2) is 23.7 Å². The van der Waals surface area contributed by atoms with Crippen molar-refractivity contribution in [1.29, 1.82) is 0 Å². The van der Waals surface area contributed by atoms with E-state index in [0.717, 1.165) is 22.4 Å². The van der Waals surface area contributed by atoms with Crippen molar-refractivity contribution >= 4 is 21.4 Å². The highest BCUT2D eigenvalue weighted by atomic mass is 35.5. The first-order chi connectivity index (χ1) is 14.8. The van der Waals surface area contributed by atoms with Gasteiger partial charge in [0.05, 0.1) is 26.9 Å². The zero-order chi connectivity index (χ0) is 22.2. The van der Waals surface area contributed by atoms with Crippen LogP contribution >= 0.6 is 11.6 Å². The van der Waals surface area contributed by atoms with Gasteiger partial charge in [0.1, 0.15) is 11.6 Å². The summed E-state index contributed by atoms with van der Waals surface area (Å²) in [6.07, 6.45) is 3.36. The lowest BCUT2D eigenvalue weighted by atomic mass is 10.0. The van der Waals surface area contributed by atoms with Gasteiger partial charge in [-0.1, -0.05) is 42.8 Å². The molecule has 0 aliphatic rings. The van der Waals surface area contributed by atoms with Gasteiger partial charge in [-0.3, -0.25) is 4.57 Å². The second kappa shape index (κ2) is 8.29. The molecule has 4 nitrogen and oxygen atoms in total. The Morgan fingerprint density at radius 3 is 2.48 bits per heavy atom. The van der Waals surface area contributed by atoms with Crippen molar-refractivity contribution in [2.24, 2.45) is 0 Å². The minimum absolute atomic E-state index is 0.0520. The van der Waals surface area contributed by atoms with E-state index in [9.17, 15) is 12.8 Å². The normalized spacial score (nSPS) is 11.6. The fraction of sp³-hybridized carbons (Fsp3) is 0.125. The summed E-state index contributed by atoms with van der Waals surface area (Å²) in [7, 11) is -3.29. The van der Waals surface area contributed by atoms with Crippen molar-refractivity contribution in [3.8, 4) is 28.2 Å². The Balaban J connectivity index is 1.78. The third kappa shape index (κ3) is 4.01. The van der Waals surface area contributed by atoms with Crippen molar-refractivity contribution < 1.29 is 12.8 Å². The van der Waals surface area contributed by atoms with Crippen molar-refractivity contribution in [3.63, 3.8) is 0 Å². The summed E-state index contributed by atoms with van der Waals surface area (Å²) in [6, 6.07) is 17.3. The number of aromatic nitrogens is 2. The molecule has 0 radical (unpaired) electrons. The van der Waals surface area contributed by atoms with Crippen molar-refractivity contribution in [1.82, 2.24) is 9.55 Å². The number of halogens is 2. The summed E-state index contributed by atoms with van der Waals surface area (Å²) in [5, 5.41) is 0.288. The van der Waals surface area contributed by atoms with Crippen LogP contribution in [0.1, 0.15) is 12.5 Å². The number of hydrogen-bond donors (Lipinski definition) is 0. The van der Waals surface area contributed by atoms with Crippen LogP contribution < -0.4 is 0 Å². The number of imidazole rings is 1. The summed E-state index contributed by atoms with van der Waals surface area (Å²) in [5.74, 6) is 0.0225. The van der Waals surface area contributed by atoms with Gasteiger partial charge in [0.25, 0.3) is 0 Å². The molecule has 0 bridgehead atoms.